The molecule has 0 spiro atoms. The molecule has 0 aliphatic carbocycles. The summed E-state index contributed by atoms with van der Waals surface area (Å²) in [6.07, 6.45) is 7.59. The van der Waals surface area contributed by atoms with Gasteiger partial charge in [0.25, 0.3) is 0 Å². The van der Waals surface area contributed by atoms with Gasteiger partial charge in [0, 0.05) is 28.1 Å². The molecule has 2 aliphatic rings. The standard InChI is InChI=1S/C26H32N4OS/c1-4-26(2,3)30-13-10-19(11-14-30)32-20-8-9-24-21(17-20)25-28-23(18-29(25)15-16-31-24)22-7-5-6-12-27-22/h5-9,12,17-19H,4,10-11,13-16H2,1-3H3. The van der Waals surface area contributed by atoms with E-state index in [-0.39, 0.29) is 0 Å². The summed E-state index contributed by atoms with van der Waals surface area (Å²) in [6.45, 7) is 10.8. The number of ether oxygens (including phenoxy) is 1. The number of fused-ring (bicyclic) bond motifs is 3. The van der Waals surface area contributed by atoms with E-state index in [4.69, 9.17) is 9.72 Å². The average molecular weight is 449 g/mol. The van der Waals surface area contributed by atoms with Crippen LogP contribution in [0.5, 0.6) is 5.75 Å². The Labute approximate surface area is 195 Å². The van der Waals surface area contributed by atoms with Crippen LogP contribution in [-0.2, 0) is 6.54 Å². The Morgan fingerprint density at radius 1 is 1.09 bits per heavy atom. The lowest BCUT2D eigenvalue weighted by Gasteiger charge is -2.42. The molecule has 2 aromatic heterocycles. The normalized spacial score (nSPS) is 17.3. The van der Waals surface area contributed by atoms with Gasteiger partial charge in [-0.2, -0.15) is 0 Å². The average Bonchev–Trinajstić information content (AvgIpc) is 3.17. The van der Waals surface area contributed by atoms with E-state index in [1.807, 2.05) is 36.2 Å². The second-order valence-electron chi connectivity index (χ2n) is 9.33. The van der Waals surface area contributed by atoms with E-state index in [0.29, 0.717) is 17.4 Å². The molecule has 1 aromatic carbocycles. The van der Waals surface area contributed by atoms with Crippen LogP contribution in [0.3, 0.4) is 0 Å². The Morgan fingerprint density at radius 2 is 1.94 bits per heavy atom. The third kappa shape index (κ3) is 4.30. The summed E-state index contributed by atoms with van der Waals surface area (Å²) in [5.41, 5.74) is 3.21. The van der Waals surface area contributed by atoms with Crippen molar-refractivity contribution in [3.05, 3.63) is 48.8 Å². The number of hydrogen-bond donors (Lipinski definition) is 0. The van der Waals surface area contributed by atoms with Crippen LogP contribution in [0, 0.1) is 0 Å². The lowest BCUT2D eigenvalue weighted by molar-refractivity contribution is 0.0942. The van der Waals surface area contributed by atoms with Crippen molar-refractivity contribution in [2.45, 2.75) is 62.3 Å². The number of piperidine rings is 1. The predicted molar refractivity (Wildman–Crippen MR) is 131 cm³/mol. The lowest BCUT2D eigenvalue weighted by Crippen LogP contribution is -2.48. The van der Waals surface area contributed by atoms with Crippen LogP contribution >= 0.6 is 11.8 Å². The summed E-state index contributed by atoms with van der Waals surface area (Å²) in [7, 11) is 0. The largest absolute Gasteiger partial charge is 0.491 e. The molecule has 32 heavy (non-hydrogen) atoms. The molecule has 0 atom stereocenters. The first-order valence-electron chi connectivity index (χ1n) is 11.7. The highest BCUT2D eigenvalue weighted by molar-refractivity contribution is 8.00. The van der Waals surface area contributed by atoms with Crippen molar-refractivity contribution in [3.8, 4) is 28.5 Å². The fourth-order valence-corrected chi connectivity index (χ4v) is 5.73. The van der Waals surface area contributed by atoms with Crippen LogP contribution in [0.2, 0.25) is 0 Å². The molecule has 0 radical (unpaired) electrons. The maximum atomic E-state index is 6.05. The Kier molecular flexibility index (Phi) is 5.99. The number of hydrogen-bond acceptors (Lipinski definition) is 5. The second-order valence-corrected chi connectivity index (χ2v) is 10.7. The Bertz CT molecular complexity index is 1070. The molecule has 0 unspecified atom stereocenters. The second kappa shape index (κ2) is 8.91. The lowest BCUT2D eigenvalue weighted by atomic mass is 9.96. The Balaban J connectivity index is 1.36. The number of pyridine rings is 1. The van der Waals surface area contributed by atoms with Crippen LogP contribution in [0.25, 0.3) is 22.8 Å². The Morgan fingerprint density at radius 3 is 2.69 bits per heavy atom. The van der Waals surface area contributed by atoms with Crippen LogP contribution in [0.15, 0.2) is 53.7 Å². The first kappa shape index (κ1) is 21.5. The molecule has 4 heterocycles. The van der Waals surface area contributed by atoms with Gasteiger partial charge in [0.2, 0.25) is 0 Å². The highest BCUT2D eigenvalue weighted by Crippen LogP contribution is 2.39. The molecule has 1 saturated heterocycles. The molecule has 0 N–H and O–H groups in total. The van der Waals surface area contributed by atoms with Gasteiger partial charge in [0.05, 0.1) is 17.8 Å². The number of nitrogens with zero attached hydrogens (tertiary/aromatic N) is 4. The third-order valence-electron chi connectivity index (χ3n) is 6.95. The summed E-state index contributed by atoms with van der Waals surface area (Å²) in [6, 6.07) is 12.6. The number of imidazole rings is 1. The summed E-state index contributed by atoms with van der Waals surface area (Å²) in [5, 5.41) is 0.660. The number of thioether (sulfide) groups is 1. The number of aromatic nitrogens is 3. The van der Waals surface area contributed by atoms with Crippen molar-refractivity contribution in [2.24, 2.45) is 0 Å². The molecule has 5 nitrogen and oxygen atoms in total. The SMILES string of the molecule is CCC(C)(C)N1CCC(Sc2ccc3c(c2)-c2nc(-c4ccccn4)cn2CCO3)CC1. The zero-order valence-corrected chi connectivity index (χ0v) is 20.1. The van der Waals surface area contributed by atoms with Gasteiger partial charge in [-0.25, -0.2) is 4.98 Å². The van der Waals surface area contributed by atoms with Gasteiger partial charge in [-0.3, -0.25) is 9.88 Å². The van der Waals surface area contributed by atoms with Gasteiger partial charge in [-0.05, 0) is 76.5 Å². The van der Waals surface area contributed by atoms with Crippen molar-refractivity contribution in [1.82, 2.24) is 19.4 Å². The summed E-state index contributed by atoms with van der Waals surface area (Å²) >= 11 is 2.01. The topological polar surface area (TPSA) is 43.2 Å². The molecule has 168 valence electrons. The smallest absolute Gasteiger partial charge is 0.144 e. The van der Waals surface area contributed by atoms with E-state index in [0.717, 1.165) is 35.1 Å². The van der Waals surface area contributed by atoms with E-state index in [1.54, 1.807) is 0 Å². The maximum absolute atomic E-state index is 6.05. The van der Waals surface area contributed by atoms with Crippen molar-refractivity contribution < 1.29 is 4.74 Å². The predicted octanol–water partition coefficient (Wildman–Crippen LogP) is 5.75. The fraction of sp³-hybridized carbons (Fsp3) is 0.462. The molecule has 6 heteroatoms. The zero-order chi connectivity index (χ0) is 22.1. The van der Waals surface area contributed by atoms with Gasteiger partial charge < -0.3 is 9.30 Å². The van der Waals surface area contributed by atoms with Crippen LogP contribution in [-0.4, -0.2) is 49.9 Å². The van der Waals surface area contributed by atoms with Crippen molar-refractivity contribution in [2.75, 3.05) is 19.7 Å². The van der Waals surface area contributed by atoms with E-state index in [2.05, 4.69) is 59.6 Å². The summed E-state index contributed by atoms with van der Waals surface area (Å²) < 4.78 is 8.26. The van der Waals surface area contributed by atoms with Crippen LogP contribution in [0.4, 0.5) is 0 Å². The minimum Gasteiger partial charge on any atom is -0.491 e. The van der Waals surface area contributed by atoms with Gasteiger partial charge in [0.1, 0.15) is 23.9 Å². The molecule has 0 bridgehead atoms. The number of benzene rings is 1. The molecule has 5 rings (SSSR count). The van der Waals surface area contributed by atoms with E-state index in [1.165, 1.54) is 37.2 Å². The van der Waals surface area contributed by atoms with Crippen LogP contribution in [0.1, 0.15) is 40.0 Å². The van der Waals surface area contributed by atoms with E-state index < -0.39 is 0 Å². The Hall–Kier alpha value is -2.31. The molecular formula is C26H32N4OS. The fourth-order valence-electron chi connectivity index (χ4n) is 4.57. The van der Waals surface area contributed by atoms with Gasteiger partial charge in [-0.1, -0.05) is 13.0 Å². The van der Waals surface area contributed by atoms with Crippen molar-refractivity contribution in [1.29, 1.82) is 0 Å². The van der Waals surface area contributed by atoms with Gasteiger partial charge in [0.15, 0.2) is 0 Å². The monoisotopic (exact) mass is 448 g/mol. The molecule has 2 aliphatic heterocycles. The molecular weight excluding hydrogens is 416 g/mol. The third-order valence-corrected chi connectivity index (χ3v) is 8.28. The van der Waals surface area contributed by atoms with Crippen molar-refractivity contribution in [3.63, 3.8) is 0 Å². The van der Waals surface area contributed by atoms with E-state index >= 15 is 0 Å². The first-order valence-corrected chi connectivity index (χ1v) is 12.6. The van der Waals surface area contributed by atoms with Crippen molar-refractivity contribution >= 4 is 11.8 Å². The minimum atomic E-state index is 0.305. The number of rotatable bonds is 5. The minimum absolute atomic E-state index is 0.305. The molecule has 0 amide bonds. The maximum Gasteiger partial charge on any atom is 0.144 e. The van der Waals surface area contributed by atoms with Gasteiger partial charge in [-0.15, -0.1) is 11.8 Å². The first-order chi connectivity index (χ1) is 15.5. The van der Waals surface area contributed by atoms with Gasteiger partial charge >= 0.3 is 0 Å². The van der Waals surface area contributed by atoms with E-state index in [9.17, 15) is 0 Å². The quantitative estimate of drug-likeness (QED) is 0.497. The molecule has 1 fully saturated rings. The summed E-state index contributed by atoms with van der Waals surface area (Å²) in [5.74, 6) is 1.89. The molecule has 3 aromatic rings. The number of likely N-dealkylation sites (tertiary alicyclic amines) is 1. The summed E-state index contributed by atoms with van der Waals surface area (Å²) in [4.78, 5) is 13.4. The molecule has 0 saturated carbocycles. The zero-order valence-electron chi connectivity index (χ0n) is 19.3. The highest BCUT2D eigenvalue weighted by atomic mass is 32.2. The highest BCUT2D eigenvalue weighted by Gasteiger charge is 2.29. The van der Waals surface area contributed by atoms with Crippen LogP contribution < -0.4 is 4.74 Å².